The Morgan fingerprint density at radius 1 is 1.73 bits per heavy atom. The molecule has 1 aromatic rings. The number of aromatic nitrogens is 1. The second-order valence-corrected chi connectivity index (χ2v) is 4.34. The van der Waals surface area contributed by atoms with Crippen molar-refractivity contribution in [1.29, 1.82) is 0 Å². The first-order valence-electron chi connectivity index (χ1n) is 4.33. The lowest BCUT2D eigenvalue weighted by atomic mass is 10.5. The Morgan fingerprint density at radius 2 is 2.53 bits per heavy atom. The average molecular weight is 294 g/mol. The number of anilines is 1. The second-order valence-electron chi connectivity index (χ2n) is 2.67. The molecule has 15 heavy (non-hydrogen) atoms. The number of nitrogens with one attached hydrogen (secondary N) is 2. The van der Waals surface area contributed by atoms with Crippen LogP contribution in [0.4, 0.5) is 5.13 Å². The SMILES string of the molecule is COCCNC(=O)CNc1nc(Br)cs1. The van der Waals surface area contributed by atoms with Crippen LogP contribution in [-0.2, 0) is 9.53 Å². The van der Waals surface area contributed by atoms with Crippen molar-refractivity contribution in [3.8, 4) is 0 Å². The number of carbonyl (C=O) groups excluding carboxylic acids is 1. The highest BCUT2D eigenvalue weighted by Crippen LogP contribution is 2.18. The number of methoxy groups -OCH3 is 1. The lowest BCUT2D eigenvalue weighted by molar-refractivity contribution is -0.119. The topological polar surface area (TPSA) is 63.2 Å². The Morgan fingerprint density at radius 3 is 3.13 bits per heavy atom. The molecule has 2 N–H and O–H groups in total. The summed E-state index contributed by atoms with van der Waals surface area (Å²) in [6.45, 7) is 1.27. The first-order valence-corrected chi connectivity index (χ1v) is 6.00. The smallest absolute Gasteiger partial charge is 0.239 e. The number of ether oxygens (including phenoxy) is 1. The maximum absolute atomic E-state index is 11.2. The predicted molar refractivity (Wildman–Crippen MR) is 63.2 cm³/mol. The highest BCUT2D eigenvalue weighted by molar-refractivity contribution is 9.10. The Bertz CT molecular complexity index is 319. The molecule has 1 amide bonds. The number of halogens is 1. The summed E-state index contributed by atoms with van der Waals surface area (Å²) in [6, 6.07) is 0. The van der Waals surface area contributed by atoms with Crippen LogP contribution in [0.2, 0.25) is 0 Å². The van der Waals surface area contributed by atoms with Gasteiger partial charge in [-0.25, -0.2) is 4.98 Å². The standard InChI is InChI=1S/C8H12BrN3O2S/c1-14-3-2-10-7(13)4-11-8-12-6(9)5-15-8/h5H,2-4H2,1H3,(H,10,13)(H,11,12). The molecular weight excluding hydrogens is 282 g/mol. The molecule has 0 aliphatic heterocycles. The Labute approximate surface area is 100 Å². The normalized spacial score (nSPS) is 10.0. The van der Waals surface area contributed by atoms with Crippen LogP contribution < -0.4 is 10.6 Å². The third-order valence-corrected chi connectivity index (χ3v) is 3.01. The van der Waals surface area contributed by atoms with Crippen molar-refractivity contribution in [3.05, 3.63) is 9.98 Å². The molecule has 0 radical (unpaired) electrons. The molecule has 84 valence electrons. The Balaban J connectivity index is 2.16. The van der Waals surface area contributed by atoms with Gasteiger partial charge in [0.2, 0.25) is 5.91 Å². The molecule has 0 aliphatic rings. The lowest BCUT2D eigenvalue weighted by Gasteiger charge is -2.04. The van der Waals surface area contributed by atoms with Crippen LogP contribution in [-0.4, -0.2) is 37.7 Å². The van der Waals surface area contributed by atoms with E-state index in [2.05, 4.69) is 31.5 Å². The molecule has 0 fully saturated rings. The van der Waals surface area contributed by atoms with Gasteiger partial charge >= 0.3 is 0 Å². The molecule has 1 aromatic heterocycles. The van der Waals surface area contributed by atoms with Gasteiger partial charge in [0.15, 0.2) is 5.13 Å². The number of hydrogen-bond donors (Lipinski definition) is 2. The van der Waals surface area contributed by atoms with Gasteiger partial charge in [-0.15, -0.1) is 11.3 Å². The molecule has 0 saturated carbocycles. The van der Waals surface area contributed by atoms with Gasteiger partial charge in [-0.05, 0) is 15.9 Å². The molecule has 7 heteroatoms. The number of rotatable bonds is 6. The van der Waals surface area contributed by atoms with E-state index < -0.39 is 0 Å². The second kappa shape index (κ2) is 6.76. The van der Waals surface area contributed by atoms with E-state index in [0.29, 0.717) is 13.2 Å². The maximum atomic E-state index is 11.2. The molecule has 0 bridgehead atoms. The van der Waals surface area contributed by atoms with Gasteiger partial charge < -0.3 is 15.4 Å². The number of thiazole rings is 1. The fourth-order valence-electron chi connectivity index (χ4n) is 0.846. The molecule has 1 heterocycles. The number of nitrogens with zero attached hydrogens (tertiary/aromatic N) is 1. The minimum absolute atomic E-state index is 0.0710. The molecule has 0 aromatic carbocycles. The summed E-state index contributed by atoms with van der Waals surface area (Å²) in [7, 11) is 1.59. The van der Waals surface area contributed by atoms with E-state index in [0.717, 1.165) is 9.73 Å². The number of hydrogen-bond acceptors (Lipinski definition) is 5. The van der Waals surface area contributed by atoms with Gasteiger partial charge in [0.1, 0.15) is 4.60 Å². The fraction of sp³-hybridized carbons (Fsp3) is 0.500. The molecule has 1 rings (SSSR count). The van der Waals surface area contributed by atoms with Crippen molar-refractivity contribution in [2.75, 3.05) is 32.1 Å². The maximum Gasteiger partial charge on any atom is 0.239 e. The van der Waals surface area contributed by atoms with E-state index in [-0.39, 0.29) is 12.5 Å². The van der Waals surface area contributed by atoms with Crippen LogP contribution in [0, 0.1) is 0 Å². The van der Waals surface area contributed by atoms with Crippen molar-refractivity contribution in [2.24, 2.45) is 0 Å². The molecule has 0 spiro atoms. The summed E-state index contributed by atoms with van der Waals surface area (Å²) in [5.74, 6) is -0.0710. The van der Waals surface area contributed by atoms with Crippen LogP contribution in [0.25, 0.3) is 0 Å². The zero-order valence-electron chi connectivity index (χ0n) is 8.25. The number of amides is 1. The van der Waals surface area contributed by atoms with Crippen LogP contribution in [0.5, 0.6) is 0 Å². The van der Waals surface area contributed by atoms with Crippen molar-refractivity contribution in [1.82, 2.24) is 10.3 Å². The van der Waals surface area contributed by atoms with E-state index in [1.807, 2.05) is 5.38 Å². The fourth-order valence-corrected chi connectivity index (χ4v) is 1.99. The van der Waals surface area contributed by atoms with Crippen LogP contribution in [0.1, 0.15) is 0 Å². The summed E-state index contributed by atoms with van der Waals surface area (Å²) in [5.41, 5.74) is 0. The predicted octanol–water partition coefficient (Wildman–Crippen LogP) is 1.08. The van der Waals surface area contributed by atoms with Crippen molar-refractivity contribution in [2.45, 2.75) is 0 Å². The minimum Gasteiger partial charge on any atom is -0.383 e. The first kappa shape index (κ1) is 12.4. The number of carbonyl (C=O) groups is 1. The van der Waals surface area contributed by atoms with Gasteiger partial charge in [-0.2, -0.15) is 0 Å². The van der Waals surface area contributed by atoms with Crippen molar-refractivity contribution >= 4 is 38.3 Å². The summed E-state index contributed by atoms with van der Waals surface area (Å²) in [4.78, 5) is 15.3. The Hall–Kier alpha value is -0.660. The van der Waals surface area contributed by atoms with Crippen LogP contribution >= 0.6 is 27.3 Å². The van der Waals surface area contributed by atoms with E-state index in [9.17, 15) is 4.79 Å². The van der Waals surface area contributed by atoms with E-state index >= 15 is 0 Å². The molecule has 0 aliphatic carbocycles. The first-order chi connectivity index (χ1) is 7.22. The molecule has 0 unspecified atom stereocenters. The third-order valence-electron chi connectivity index (χ3n) is 1.50. The molecular formula is C8H12BrN3O2S. The highest BCUT2D eigenvalue weighted by Gasteiger charge is 2.02. The van der Waals surface area contributed by atoms with E-state index in [4.69, 9.17) is 4.74 Å². The summed E-state index contributed by atoms with van der Waals surface area (Å²) < 4.78 is 5.58. The van der Waals surface area contributed by atoms with Gasteiger partial charge in [0.25, 0.3) is 0 Å². The van der Waals surface area contributed by atoms with Gasteiger partial charge in [0, 0.05) is 19.0 Å². The zero-order chi connectivity index (χ0) is 11.1. The van der Waals surface area contributed by atoms with E-state index in [1.54, 1.807) is 7.11 Å². The van der Waals surface area contributed by atoms with Crippen LogP contribution in [0.3, 0.4) is 0 Å². The third kappa shape index (κ3) is 5.10. The van der Waals surface area contributed by atoms with Crippen molar-refractivity contribution in [3.63, 3.8) is 0 Å². The van der Waals surface area contributed by atoms with Gasteiger partial charge in [-0.1, -0.05) is 0 Å². The van der Waals surface area contributed by atoms with Gasteiger partial charge in [-0.3, -0.25) is 4.79 Å². The summed E-state index contributed by atoms with van der Waals surface area (Å²) in [6.07, 6.45) is 0. The highest BCUT2D eigenvalue weighted by atomic mass is 79.9. The van der Waals surface area contributed by atoms with Crippen LogP contribution in [0.15, 0.2) is 9.98 Å². The summed E-state index contributed by atoms with van der Waals surface area (Å²) >= 11 is 4.68. The monoisotopic (exact) mass is 293 g/mol. The summed E-state index contributed by atoms with van der Waals surface area (Å²) in [5, 5.41) is 8.19. The quantitative estimate of drug-likeness (QED) is 0.771. The Kier molecular flexibility index (Phi) is 5.59. The zero-order valence-corrected chi connectivity index (χ0v) is 10.7. The lowest BCUT2D eigenvalue weighted by Crippen LogP contribution is -2.32. The minimum atomic E-state index is -0.0710. The molecule has 0 saturated heterocycles. The van der Waals surface area contributed by atoms with Crippen molar-refractivity contribution < 1.29 is 9.53 Å². The largest absolute Gasteiger partial charge is 0.383 e. The van der Waals surface area contributed by atoms with Gasteiger partial charge in [0.05, 0.1) is 13.2 Å². The molecule has 0 atom stereocenters. The molecule has 5 nitrogen and oxygen atoms in total. The average Bonchev–Trinajstić information content (AvgIpc) is 2.62. The van der Waals surface area contributed by atoms with E-state index in [1.165, 1.54) is 11.3 Å².